The van der Waals surface area contributed by atoms with Crippen molar-refractivity contribution in [3.63, 3.8) is 0 Å². The molecule has 1 aromatic rings. The van der Waals surface area contributed by atoms with E-state index in [1.54, 1.807) is 19.1 Å². The molecule has 7 heteroatoms. The van der Waals surface area contributed by atoms with E-state index in [0.29, 0.717) is 10.7 Å². The Labute approximate surface area is 142 Å². The van der Waals surface area contributed by atoms with Gasteiger partial charge in [-0.1, -0.05) is 44.7 Å². The van der Waals surface area contributed by atoms with E-state index in [1.165, 1.54) is 12.1 Å². The molecule has 0 spiro atoms. The molecule has 1 amide bonds. The first-order valence-electron chi connectivity index (χ1n) is 8.29. The number of carbonyl (C=O) groups excluding carboxylic acids is 2. The molecule has 1 aliphatic rings. The summed E-state index contributed by atoms with van der Waals surface area (Å²) in [6.45, 7) is 3.86. The number of sulfonamides is 1. The van der Waals surface area contributed by atoms with Crippen LogP contribution >= 0.6 is 0 Å². The minimum atomic E-state index is -4.02. The number of amides is 1. The molecule has 1 heterocycles. The first-order chi connectivity index (χ1) is 11.4. The molecule has 0 saturated heterocycles. The van der Waals surface area contributed by atoms with Gasteiger partial charge in [0.2, 0.25) is 0 Å². The fraction of sp³-hybridized carbons (Fsp3) is 0.529. The Morgan fingerprint density at radius 1 is 1.17 bits per heavy atom. The lowest BCUT2D eigenvalue weighted by molar-refractivity contribution is -0.147. The van der Waals surface area contributed by atoms with E-state index in [4.69, 9.17) is 4.74 Å². The van der Waals surface area contributed by atoms with Gasteiger partial charge in [0.25, 0.3) is 15.9 Å². The zero-order valence-electron chi connectivity index (χ0n) is 14.0. The molecule has 0 bridgehead atoms. The number of fused-ring (bicyclic) bond motifs is 1. The van der Waals surface area contributed by atoms with Crippen LogP contribution in [0.2, 0.25) is 0 Å². The molecule has 1 aliphatic heterocycles. The molecule has 0 aromatic heterocycles. The molecule has 24 heavy (non-hydrogen) atoms. The summed E-state index contributed by atoms with van der Waals surface area (Å²) in [5.74, 6) is -1.32. The van der Waals surface area contributed by atoms with E-state index in [1.807, 2.05) is 0 Å². The second kappa shape index (κ2) is 7.79. The van der Waals surface area contributed by atoms with E-state index in [0.717, 1.165) is 19.3 Å². The van der Waals surface area contributed by atoms with Gasteiger partial charge in [-0.3, -0.25) is 4.79 Å². The van der Waals surface area contributed by atoms with Crippen LogP contribution in [0.25, 0.3) is 0 Å². The number of hydrogen-bond donors (Lipinski definition) is 0. The van der Waals surface area contributed by atoms with Gasteiger partial charge in [0, 0.05) is 0 Å². The van der Waals surface area contributed by atoms with Crippen LogP contribution in [0.3, 0.4) is 0 Å². The number of rotatable bonds is 8. The average Bonchev–Trinajstić information content (AvgIpc) is 2.76. The van der Waals surface area contributed by atoms with Crippen molar-refractivity contribution >= 4 is 21.9 Å². The van der Waals surface area contributed by atoms with Crippen LogP contribution in [0.15, 0.2) is 29.2 Å². The second-order valence-electron chi connectivity index (χ2n) is 5.72. The molecule has 132 valence electrons. The fourth-order valence-corrected chi connectivity index (χ4v) is 4.58. The summed E-state index contributed by atoms with van der Waals surface area (Å²) in [4.78, 5) is 24.8. The van der Waals surface area contributed by atoms with Crippen molar-refractivity contribution in [2.24, 2.45) is 0 Å². The molecule has 0 radical (unpaired) electrons. The Hall–Kier alpha value is -1.89. The van der Waals surface area contributed by atoms with Gasteiger partial charge >= 0.3 is 5.97 Å². The summed E-state index contributed by atoms with van der Waals surface area (Å²) >= 11 is 0. The Morgan fingerprint density at radius 3 is 2.50 bits per heavy atom. The molecular weight excluding hydrogens is 330 g/mol. The largest absolute Gasteiger partial charge is 0.464 e. The summed E-state index contributed by atoms with van der Waals surface area (Å²) in [6.07, 6.45) is 3.83. The third-order valence-electron chi connectivity index (χ3n) is 4.03. The van der Waals surface area contributed by atoms with Crippen LogP contribution in [0, 0.1) is 0 Å². The van der Waals surface area contributed by atoms with Crippen LogP contribution in [0.1, 0.15) is 56.3 Å². The van der Waals surface area contributed by atoms with Crippen molar-refractivity contribution in [1.29, 1.82) is 0 Å². The molecule has 6 nitrogen and oxygen atoms in total. The van der Waals surface area contributed by atoms with Crippen molar-refractivity contribution in [3.05, 3.63) is 29.8 Å². The first kappa shape index (κ1) is 18.4. The van der Waals surface area contributed by atoms with E-state index in [-0.39, 0.29) is 23.5 Å². The lowest BCUT2D eigenvalue weighted by atomic mass is 10.1. The summed E-state index contributed by atoms with van der Waals surface area (Å²) in [5.41, 5.74) is 0.111. The number of benzene rings is 1. The summed E-state index contributed by atoms with van der Waals surface area (Å²) in [7, 11) is -4.02. The minimum Gasteiger partial charge on any atom is -0.464 e. The SMILES string of the molecule is CCCCCC[C@H](C(=O)OCC)N1C(=O)c2ccccc2S1(=O)=O. The molecule has 1 atom stereocenters. The van der Waals surface area contributed by atoms with Gasteiger partial charge in [-0.05, 0) is 25.5 Å². The maximum Gasteiger partial charge on any atom is 0.330 e. The summed E-state index contributed by atoms with van der Waals surface area (Å²) in [6, 6.07) is 4.92. The average molecular weight is 353 g/mol. The maximum atomic E-state index is 12.7. The van der Waals surface area contributed by atoms with Crippen LogP contribution in [-0.4, -0.2) is 37.2 Å². The third-order valence-corrected chi connectivity index (χ3v) is 5.88. The number of carbonyl (C=O) groups is 2. The Morgan fingerprint density at radius 2 is 1.88 bits per heavy atom. The van der Waals surface area contributed by atoms with Gasteiger partial charge in [0.15, 0.2) is 0 Å². The minimum absolute atomic E-state index is 0.0437. The van der Waals surface area contributed by atoms with Crippen molar-refractivity contribution < 1.29 is 22.7 Å². The lowest BCUT2D eigenvalue weighted by Gasteiger charge is -2.24. The van der Waals surface area contributed by atoms with Crippen molar-refractivity contribution in [1.82, 2.24) is 4.31 Å². The van der Waals surface area contributed by atoms with Crippen LogP contribution in [0.4, 0.5) is 0 Å². The van der Waals surface area contributed by atoms with Gasteiger partial charge in [-0.25, -0.2) is 17.5 Å². The van der Waals surface area contributed by atoms with Crippen LogP contribution < -0.4 is 0 Å². The first-order valence-corrected chi connectivity index (χ1v) is 9.73. The quantitative estimate of drug-likeness (QED) is 0.530. The van der Waals surface area contributed by atoms with Crippen LogP contribution in [-0.2, 0) is 19.6 Å². The highest BCUT2D eigenvalue weighted by molar-refractivity contribution is 7.90. The second-order valence-corrected chi connectivity index (χ2v) is 7.50. The topological polar surface area (TPSA) is 80.8 Å². The number of ether oxygens (including phenoxy) is 1. The van der Waals surface area contributed by atoms with E-state index < -0.39 is 27.9 Å². The van der Waals surface area contributed by atoms with E-state index >= 15 is 0 Å². The summed E-state index contributed by atoms with van der Waals surface area (Å²) in [5, 5.41) is 0. The Bertz CT molecular complexity index is 713. The monoisotopic (exact) mass is 353 g/mol. The van der Waals surface area contributed by atoms with Gasteiger partial charge in [0.05, 0.1) is 12.2 Å². The maximum absolute atomic E-state index is 12.7. The zero-order chi connectivity index (χ0) is 17.7. The number of unbranched alkanes of at least 4 members (excludes halogenated alkanes) is 3. The molecular formula is C17H23NO5S. The zero-order valence-corrected chi connectivity index (χ0v) is 14.8. The van der Waals surface area contributed by atoms with Gasteiger partial charge in [0.1, 0.15) is 10.9 Å². The number of esters is 1. The van der Waals surface area contributed by atoms with Gasteiger partial charge in [-0.15, -0.1) is 0 Å². The number of nitrogens with zero attached hydrogens (tertiary/aromatic N) is 1. The van der Waals surface area contributed by atoms with Gasteiger partial charge < -0.3 is 4.74 Å². The number of hydrogen-bond acceptors (Lipinski definition) is 5. The van der Waals surface area contributed by atoms with Gasteiger partial charge in [-0.2, -0.15) is 0 Å². The normalized spacial score (nSPS) is 16.8. The highest BCUT2D eigenvalue weighted by Gasteiger charge is 2.47. The predicted molar refractivity (Wildman–Crippen MR) is 89.0 cm³/mol. The predicted octanol–water partition coefficient (Wildman–Crippen LogP) is 2.73. The molecule has 0 fully saturated rings. The molecule has 0 saturated carbocycles. The lowest BCUT2D eigenvalue weighted by Crippen LogP contribution is -2.45. The third kappa shape index (κ3) is 3.45. The highest BCUT2D eigenvalue weighted by Crippen LogP contribution is 2.33. The highest BCUT2D eigenvalue weighted by atomic mass is 32.2. The molecule has 0 N–H and O–H groups in total. The van der Waals surface area contributed by atoms with E-state index in [9.17, 15) is 18.0 Å². The molecule has 0 aliphatic carbocycles. The van der Waals surface area contributed by atoms with Crippen LogP contribution in [0.5, 0.6) is 0 Å². The van der Waals surface area contributed by atoms with Crippen molar-refractivity contribution in [2.75, 3.05) is 6.61 Å². The molecule has 1 aromatic carbocycles. The van der Waals surface area contributed by atoms with Crippen molar-refractivity contribution in [3.8, 4) is 0 Å². The fourth-order valence-electron chi connectivity index (χ4n) is 2.84. The Kier molecular flexibility index (Phi) is 5.99. The van der Waals surface area contributed by atoms with Crippen molar-refractivity contribution in [2.45, 2.75) is 56.9 Å². The standard InChI is InChI=1S/C17H23NO5S/c1-3-5-6-7-11-14(17(20)23-4-2)18-16(19)13-10-8-9-12-15(13)24(18,21)22/h8-10,12,14H,3-7,11H2,1-2H3/t14-/m1/s1. The molecule has 2 rings (SSSR count). The smallest absolute Gasteiger partial charge is 0.330 e. The van der Waals surface area contributed by atoms with E-state index in [2.05, 4.69) is 6.92 Å². The molecule has 0 unspecified atom stereocenters. The Balaban J connectivity index is 2.32. The summed E-state index contributed by atoms with van der Waals surface area (Å²) < 4.78 is 31.2.